The number of aliphatic hydroxyl groups excluding tert-OH is 1. The van der Waals surface area contributed by atoms with Gasteiger partial charge in [-0.05, 0) is 36.4 Å². The molecule has 128 valence electrons. The Kier molecular flexibility index (Phi) is 5.06. The molecule has 0 bridgehead atoms. The van der Waals surface area contributed by atoms with Crippen molar-refractivity contribution in [1.82, 2.24) is 4.90 Å². The summed E-state index contributed by atoms with van der Waals surface area (Å²) in [4.78, 5) is 4.09. The summed E-state index contributed by atoms with van der Waals surface area (Å²) in [5.41, 5.74) is 0.662. The van der Waals surface area contributed by atoms with Crippen LogP contribution in [0, 0.1) is 17.5 Å². The van der Waals surface area contributed by atoms with Gasteiger partial charge >= 0.3 is 0 Å². The molecular formula is C18H19F3N2O. The molecule has 1 aliphatic rings. The Bertz CT molecular complexity index is 665. The number of aliphatic hydroxyl groups is 1. The minimum Gasteiger partial charge on any atom is -0.387 e. The molecule has 1 aliphatic heterocycles. The lowest BCUT2D eigenvalue weighted by atomic mass is 10.1. The second-order valence-corrected chi connectivity index (χ2v) is 5.92. The Morgan fingerprint density at radius 3 is 2.04 bits per heavy atom. The smallest absolute Gasteiger partial charge is 0.131 e. The van der Waals surface area contributed by atoms with E-state index in [1.54, 1.807) is 12.1 Å². The number of piperazine rings is 1. The second kappa shape index (κ2) is 7.23. The van der Waals surface area contributed by atoms with Crippen molar-refractivity contribution in [2.45, 2.75) is 6.10 Å². The Morgan fingerprint density at radius 2 is 1.46 bits per heavy atom. The first-order valence-corrected chi connectivity index (χ1v) is 7.89. The first-order chi connectivity index (χ1) is 11.5. The molecule has 0 amide bonds. The van der Waals surface area contributed by atoms with Gasteiger partial charge in [0.1, 0.15) is 17.5 Å². The van der Waals surface area contributed by atoms with Crippen molar-refractivity contribution in [1.29, 1.82) is 0 Å². The van der Waals surface area contributed by atoms with Crippen molar-refractivity contribution in [2.24, 2.45) is 0 Å². The Labute approximate surface area is 138 Å². The quantitative estimate of drug-likeness (QED) is 0.930. The number of β-amino-alcohol motifs (C(OH)–C–C–N with tert-alkyl or cyclic N) is 1. The molecule has 1 atom stereocenters. The van der Waals surface area contributed by atoms with Gasteiger partial charge in [0.25, 0.3) is 0 Å². The molecule has 0 radical (unpaired) electrons. The third kappa shape index (κ3) is 3.71. The van der Waals surface area contributed by atoms with Crippen LogP contribution in [0.1, 0.15) is 11.7 Å². The number of nitrogens with zero attached hydrogens (tertiary/aromatic N) is 2. The van der Waals surface area contributed by atoms with Crippen LogP contribution in [-0.2, 0) is 0 Å². The topological polar surface area (TPSA) is 26.7 Å². The maximum absolute atomic E-state index is 13.7. The van der Waals surface area contributed by atoms with Crippen LogP contribution in [0.15, 0.2) is 42.5 Å². The van der Waals surface area contributed by atoms with Gasteiger partial charge in [-0.3, -0.25) is 4.90 Å². The van der Waals surface area contributed by atoms with E-state index in [1.165, 1.54) is 18.2 Å². The minimum absolute atomic E-state index is 0.176. The van der Waals surface area contributed by atoms with Gasteiger partial charge in [0.05, 0.1) is 11.7 Å². The summed E-state index contributed by atoms with van der Waals surface area (Å²) in [6, 6.07) is 9.88. The standard InChI is InChI=1S/C18H19F3N2O/c19-13-4-6-14(7-5-13)23-10-8-22(9-11-23)12-17(24)18-15(20)2-1-3-16(18)21/h1-7,17,24H,8-12H2. The van der Waals surface area contributed by atoms with Crippen molar-refractivity contribution in [3.63, 3.8) is 0 Å². The van der Waals surface area contributed by atoms with Crippen LogP contribution < -0.4 is 4.90 Å². The lowest BCUT2D eigenvalue weighted by Gasteiger charge is -2.37. The predicted octanol–water partition coefficient (Wildman–Crippen LogP) is 2.96. The van der Waals surface area contributed by atoms with E-state index in [0.717, 1.165) is 17.8 Å². The summed E-state index contributed by atoms with van der Waals surface area (Å²) in [5.74, 6) is -1.73. The SMILES string of the molecule is OC(CN1CCN(c2ccc(F)cc2)CC1)c1c(F)cccc1F. The van der Waals surface area contributed by atoms with Gasteiger partial charge in [0, 0.05) is 38.4 Å². The lowest BCUT2D eigenvalue weighted by Crippen LogP contribution is -2.47. The highest BCUT2D eigenvalue weighted by atomic mass is 19.1. The van der Waals surface area contributed by atoms with E-state index in [0.29, 0.717) is 26.2 Å². The molecule has 2 aromatic carbocycles. The summed E-state index contributed by atoms with van der Waals surface area (Å²) in [6.45, 7) is 2.90. The molecule has 24 heavy (non-hydrogen) atoms. The van der Waals surface area contributed by atoms with E-state index in [4.69, 9.17) is 0 Å². The van der Waals surface area contributed by atoms with Gasteiger partial charge < -0.3 is 10.0 Å². The van der Waals surface area contributed by atoms with Crippen LogP contribution in [0.2, 0.25) is 0 Å². The molecule has 1 fully saturated rings. The highest BCUT2D eigenvalue weighted by molar-refractivity contribution is 5.46. The molecule has 1 heterocycles. The fourth-order valence-electron chi connectivity index (χ4n) is 3.01. The zero-order chi connectivity index (χ0) is 17.1. The van der Waals surface area contributed by atoms with Gasteiger partial charge in [-0.2, -0.15) is 0 Å². The van der Waals surface area contributed by atoms with E-state index in [2.05, 4.69) is 4.90 Å². The molecule has 1 N–H and O–H groups in total. The van der Waals surface area contributed by atoms with E-state index in [1.807, 2.05) is 4.90 Å². The van der Waals surface area contributed by atoms with Crippen LogP contribution in [0.5, 0.6) is 0 Å². The number of halogens is 3. The van der Waals surface area contributed by atoms with Crippen molar-refractivity contribution >= 4 is 5.69 Å². The van der Waals surface area contributed by atoms with Gasteiger partial charge in [-0.1, -0.05) is 6.07 Å². The maximum atomic E-state index is 13.7. The van der Waals surface area contributed by atoms with Crippen LogP contribution in [-0.4, -0.2) is 42.7 Å². The van der Waals surface area contributed by atoms with Gasteiger partial charge in [-0.15, -0.1) is 0 Å². The largest absolute Gasteiger partial charge is 0.387 e. The minimum atomic E-state index is -1.21. The first kappa shape index (κ1) is 16.8. The third-order valence-corrected chi connectivity index (χ3v) is 4.33. The monoisotopic (exact) mass is 336 g/mol. The molecule has 2 aromatic rings. The first-order valence-electron chi connectivity index (χ1n) is 7.89. The molecule has 0 aliphatic carbocycles. The Hall–Kier alpha value is -2.05. The summed E-state index contributed by atoms with van der Waals surface area (Å²) in [7, 11) is 0. The van der Waals surface area contributed by atoms with Crippen molar-refractivity contribution < 1.29 is 18.3 Å². The molecule has 0 saturated carbocycles. The van der Waals surface area contributed by atoms with Gasteiger partial charge in [-0.25, -0.2) is 13.2 Å². The fourth-order valence-corrected chi connectivity index (χ4v) is 3.01. The highest BCUT2D eigenvalue weighted by Crippen LogP contribution is 2.23. The summed E-state index contributed by atoms with van der Waals surface area (Å²) >= 11 is 0. The molecule has 1 saturated heterocycles. The summed E-state index contributed by atoms with van der Waals surface area (Å²) in [6.07, 6.45) is -1.21. The predicted molar refractivity (Wildman–Crippen MR) is 86.4 cm³/mol. The molecular weight excluding hydrogens is 317 g/mol. The molecule has 6 heteroatoms. The fraction of sp³-hybridized carbons (Fsp3) is 0.333. The Morgan fingerprint density at radius 1 is 0.875 bits per heavy atom. The normalized spacial score (nSPS) is 17.1. The van der Waals surface area contributed by atoms with Crippen molar-refractivity contribution in [2.75, 3.05) is 37.6 Å². The lowest BCUT2D eigenvalue weighted by molar-refractivity contribution is 0.103. The van der Waals surface area contributed by atoms with Crippen LogP contribution in [0.4, 0.5) is 18.9 Å². The number of rotatable bonds is 4. The number of anilines is 1. The molecule has 0 spiro atoms. The van der Waals surface area contributed by atoms with E-state index in [-0.39, 0.29) is 17.9 Å². The summed E-state index contributed by atoms with van der Waals surface area (Å²) < 4.78 is 40.4. The molecule has 1 unspecified atom stereocenters. The molecule has 0 aromatic heterocycles. The van der Waals surface area contributed by atoms with Crippen LogP contribution in [0.3, 0.4) is 0 Å². The van der Waals surface area contributed by atoms with E-state index >= 15 is 0 Å². The second-order valence-electron chi connectivity index (χ2n) is 5.92. The van der Waals surface area contributed by atoms with E-state index < -0.39 is 17.7 Å². The number of hydrogen-bond acceptors (Lipinski definition) is 3. The molecule has 3 rings (SSSR count). The average molecular weight is 336 g/mol. The van der Waals surface area contributed by atoms with Gasteiger partial charge in [0.15, 0.2) is 0 Å². The third-order valence-electron chi connectivity index (χ3n) is 4.33. The van der Waals surface area contributed by atoms with Crippen molar-refractivity contribution in [3.05, 3.63) is 65.5 Å². The maximum Gasteiger partial charge on any atom is 0.131 e. The van der Waals surface area contributed by atoms with E-state index in [9.17, 15) is 18.3 Å². The van der Waals surface area contributed by atoms with Crippen molar-refractivity contribution in [3.8, 4) is 0 Å². The zero-order valence-electron chi connectivity index (χ0n) is 13.1. The van der Waals surface area contributed by atoms with Crippen LogP contribution in [0.25, 0.3) is 0 Å². The zero-order valence-corrected chi connectivity index (χ0v) is 13.1. The molecule has 3 nitrogen and oxygen atoms in total. The average Bonchev–Trinajstić information content (AvgIpc) is 2.56. The van der Waals surface area contributed by atoms with Crippen LogP contribution >= 0.6 is 0 Å². The Balaban J connectivity index is 1.58. The summed E-state index contributed by atoms with van der Waals surface area (Å²) in [5, 5.41) is 10.2. The highest BCUT2D eigenvalue weighted by Gasteiger charge is 2.23. The number of benzene rings is 2. The number of hydrogen-bond donors (Lipinski definition) is 1. The van der Waals surface area contributed by atoms with Gasteiger partial charge in [0.2, 0.25) is 0 Å².